The fraction of sp³-hybridized carbons (Fsp3) is 0.368. The molecule has 9 heteroatoms. The normalized spacial score (nSPS) is 18.4. The summed E-state index contributed by atoms with van der Waals surface area (Å²) in [4.78, 5) is 40.7. The maximum atomic E-state index is 13.3. The molecule has 1 aliphatic carbocycles. The summed E-state index contributed by atoms with van der Waals surface area (Å²) in [6.45, 7) is 0.315. The fourth-order valence-electron chi connectivity index (χ4n) is 3.48. The molecule has 0 bridgehead atoms. The molecule has 0 radical (unpaired) electrons. The molecule has 2 aromatic heterocycles. The number of hydrogen-bond donors (Lipinski definition) is 0. The van der Waals surface area contributed by atoms with E-state index in [0.29, 0.717) is 6.42 Å². The summed E-state index contributed by atoms with van der Waals surface area (Å²) >= 11 is 0. The second-order valence-corrected chi connectivity index (χ2v) is 6.99. The van der Waals surface area contributed by atoms with Crippen molar-refractivity contribution >= 4 is 17.1 Å². The van der Waals surface area contributed by atoms with Crippen molar-refractivity contribution in [2.75, 3.05) is 6.61 Å². The topological polar surface area (TPSA) is 88.1 Å². The molecule has 1 aromatic carbocycles. The van der Waals surface area contributed by atoms with E-state index in [1.165, 1.54) is 30.1 Å². The highest BCUT2D eigenvalue weighted by Gasteiger charge is 2.45. The molecule has 0 N–H and O–H groups in total. The summed E-state index contributed by atoms with van der Waals surface area (Å²) in [5.41, 5.74) is 0.464. The summed E-state index contributed by atoms with van der Waals surface area (Å²) in [6.07, 6.45) is 2.09. The van der Waals surface area contributed by atoms with Crippen molar-refractivity contribution in [3.8, 4) is 0 Å². The highest BCUT2D eigenvalue weighted by molar-refractivity contribution is 5.77. The van der Waals surface area contributed by atoms with Crippen molar-refractivity contribution in [2.45, 2.75) is 18.9 Å². The fourth-order valence-corrected chi connectivity index (χ4v) is 3.48. The molecule has 3 aromatic rings. The predicted molar refractivity (Wildman–Crippen MR) is 98.4 cm³/mol. The predicted octanol–water partition coefficient (Wildman–Crippen LogP) is 0.920. The first kappa shape index (κ1) is 18.1. The molecule has 1 saturated carbocycles. The van der Waals surface area contributed by atoms with Gasteiger partial charge in [0.25, 0.3) is 5.56 Å². The smallest absolute Gasteiger partial charge is 0.332 e. The maximum Gasteiger partial charge on any atom is 0.332 e. The molecular weight excluding hydrogens is 367 g/mol. The van der Waals surface area contributed by atoms with Crippen LogP contribution in [-0.2, 0) is 30.2 Å². The molecule has 4 rings (SSSR count). The second-order valence-electron chi connectivity index (χ2n) is 6.99. The summed E-state index contributed by atoms with van der Waals surface area (Å²) in [7, 11) is 2.95. The Morgan fingerprint density at radius 3 is 2.82 bits per heavy atom. The van der Waals surface area contributed by atoms with E-state index in [1.54, 1.807) is 23.7 Å². The lowest BCUT2D eigenvalue weighted by atomic mass is 10.1. The summed E-state index contributed by atoms with van der Waals surface area (Å²) in [5, 5.41) is 0. The van der Waals surface area contributed by atoms with Gasteiger partial charge in [-0.3, -0.25) is 18.7 Å². The number of fused-ring (bicyclic) bond motifs is 1. The lowest BCUT2D eigenvalue weighted by Crippen LogP contribution is -2.37. The lowest BCUT2D eigenvalue weighted by molar-refractivity contribution is -0.145. The second kappa shape index (κ2) is 6.74. The van der Waals surface area contributed by atoms with Crippen LogP contribution in [0.15, 0.2) is 40.2 Å². The number of carbonyl (C=O) groups excluding carboxylic acids is 1. The third-order valence-electron chi connectivity index (χ3n) is 5.16. The average Bonchev–Trinajstić information content (AvgIpc) is 3.38. The van der Waals surface area contributed by atoms with Gasteiger partial charge < -0.3 is 9.30 Å². The molecule has 0 saturated heterocycles. The van der Waals surface area contributed by atoms with E-state index < -0.39 is 11.2 Å². The Morgan fingerprint density at radius 1 is 1.29 bits per heavy atom. The van der Waals surface area contributed by atoms with Crippen LogP contribution in [-0.4, -0.2) is 31.3 Å². The standard InChI is InChI=1S/C19H19FN4O4/c1-22-16-15(17(25)23(2)19(22)27)24(10-21-16)6-7-28-18(26)14-9-13(14)11-4-3-5-12(20)8-11/h3-5,8,10,13-14H,6-7,9H2,1-2H3. The van der Waals surface area contributed by atoms with E-state index in [0.717, 1.165) is 10.1 Å². The SMILES string of the molecule is Cn1c(=O)c2c(ncn2CCOC(=O)C2CC2c2cccc(F)c2)n(C)c1=O. The van der Waals surface area contributed by atoms with E-state index in [1.807, 2.05) is 0 Å². The minimum absolute atomic E-state index is 0.0147. The van der Waals surface area contributed by atoms with E-state index >= 15 is 0 Å². The van der Waals surface area contributed by atoms with Gasteiger partial charge in [-0.2, -0.15) is 0 Å². The van der Waals surface area contributed by atoms with Gasteiger partial charge in [0.1, 0.15) is 12.4 Å². The van der Waals surface area contributed by atoms with Crippen LogP contribution in [0.25, 0.3) is 11.2 Å². The van der Waals surface area contributed by atoms with E-state index in [2.05, 4.69) is 4.98 Å². The molecule has 28 heavy (non-hydrogen) atoms. The number of rotatable bonds is 5. The van der Waals surface area contributed by atoms with Crippen molar-refractivity contribution in [1.29, 1.82) is 0 Å². The van der Waals surface area contributed by atoms with Crippen LogP contribution in [0, 0.1) is 11.7 Å². The molecule has 146 valence electrons. The maximum absolute atomic E-state index is 13.3. The first-order valence-corrected chi connectivity index (χ1v) is 8.91. The molecule has 1 aliphatic rings. The number of ether oxygens (including phenoxy) is 1. The van der Waals surface area contributed by atoms with Crippen molar-refractivity contribution in [2.24, 2.45) is 20.0 Å². The quantitative estimate of drug-likeness (QED) is 0.609. The molecule has 2 heterocycles. The Morgan fingerprint density at radius 2 is 2.07 bits per heavy atom. The molecule has 8 nitrogen and oxygen atoms in total. The number of nitrogens with zero attached hydrogens (tertiary/aromatic N) is 4. The van der Waals surface area contributed by atoms with E-state index in [-0.39, 0.29) is 47.9 Å². The van der Waals surface area contributed by atoms with E-state index in [9.17, 15) is 18.8 Å². The van der Waals surface area contributed by atoms with Crippen LogP contribution in [0.1, 0.15) is 17.9 Å². The summed E-state index contributed by atoms with van der Waals surface area (Å²) < 4.78 is 22.5. The monoisotopic (exact) mass is 386 g/mol. The Bertz CT molecular complexity index is 1190. The van der Waals surface area contributed by atoms with Crippen molar-refractivity contribution < 1.29 is 13.9 Å². The summed E-state index contributed by atoms with van der Waals surface area (Å²) in [6, 6.07) is 6.24. The van der Waals surface area contributed by atoms with Crippen molar-refractivity contribution in [3.63, 3.8) is 0 Å². The lowest BCUT2D eigenvalue weighted by Gasteiger charge is -2.08. The van der Waals surface area contributed by atoms with Crippen LogP contribution >= 0.6 is 0 Å². The van der Waals surface area contributed by atoms with Crippen LogP contribution in [0.5, 0.6) is 0 Å². The van der Waals surface area contributed by atoms with Gasteiger partial charge in [0.2, 0.25) is 0 Å². The number of halogens is 1. The zero-order chi connectivity index (χ0) is 20.0. The van der Waals surface area contributed by atoms with Gasteiger partial charge in [-0.25, -0.2) is 14.2 Å². The molecule has 2 atom stereocenters. The van der Waals surface area contributed by atoms with Crippen LogP contribution in [0.4, 0.5) is 4.39 Å². The highest BCUT2D eigenvalue weighted by atomic mass is 19.1. The van der Waals surface area contributed by atoms with Crippen LogP contribution in [0.2, 0.25) is 0 Å². The van der Waals surface area contributed by atoms with Crippen molar-refractivity contribution in [3.05, 3.63) is 62.8 Å². The Balaban J connectivity index is 1.42. The van der Waals surface area contributed by atoms with Gasteiger partial charge in [-0.1, -0.05) is 12.1 Å². The van der Waals surface area contributed by atoms with Gasteiger partial charge >= 0.3 is 11.7 Å². The van der Waals surface area contributed by atoms with Gasteiger partial charge in [0.05, 0.1) is 18.8 Å². The zero-order valence-corrected chi connectivity index (χ0v) is 15.5. The first-order valence-electron chi connectivity index (χ1n) is 8.91. The minimum Gasteiger partial charge on any atom is -0.464 e. The number of hydrogen-bond acceptors (Lipinski definition) is 5. The Kier molecular flexibility index (Phi) is 4.37. The van der Waals surface area contributed by atoms with Gasteiger partial charge in [0, 0.05) is 14.1 Å². The van der Waals surface area contributed by atoms with Gasteiger partial charge in [-0.15, -0.1) is 0 Å². The molecular formula is C19H19FN4O4. The number of carbonyl (C=O) groups is 1. The van der Waals surface area contributed by atoms with Gasteiger partial charge in [0.15, 0.2) is 11.2 Å². The zero-order valence-electron chi connectivity index (χ0n) is 15.5. The molecule has 0 spiro atoms. The molecule has 0 aliphatic heterocycles. The number of esters is 1. The Labute approximate surface area is 158 Å². The first-order chi connectivity index (χ1) is 13.4. The van der Waals surface area contributed by atoms with Crippen LogP contribution < -0.4 is 11.2 Å². The molecule has 1 fully saturated rings. The molecule has 2 unspecified atom stereocenters. The van der Waals surface area contributed by atoms with Gasteiger partial charge in [-0.05, 0) is 30.0 Å². The number of aryl methyl sites for hydroxylation is 1. The largest absolute Gasteiger partial charge is 0.464 e. The Hall–Kier alpha value is -3.23. The van der Waals surface area contributed by atoms with Crippen molar-refractivity contribution in [1.82, 2.24) is 18.7 Å². The van der Waals surface area contributed by atoms with Crippen LogP contribution in [0.3, 0.4) is 0 Å². The number of imidazole rings is 1. The minimum atomic E-state index is -0.452. The third-order valence-corrected chi connectivity index (χ3v) is 5.16. The summed E-state index contributed by atoms with van der Waals surface area (Å²) in [5.74, 6) is -0.937. The highest BCUT2D eigenvalue weighted by Crippen LogP contribution is 2.48. The third kappa shape index (κ3) is 3.02. The average molecular weight is 386 g/mol. The number of aromatic nitrogens is 4. The molecule has 0 amide bonds. The number of benzene rings is 1. The van der Waals surface area contributed by atoms with E-state index in [4.69, 9.17) is 4.74 Å².